The quantitative estimate of drug-likeness (QED) is 0.269. The van der Waals surface area contributed by atoms with Gasteiger partial charge >= 0.3 is 6.18 Å². The van der Waals surface area contributed by atoms with E-state index in [1.807, 2.05) is 53.1 Å². The van der Waals surface area contributed by atoms with Crippen LogP contribution in [0.3, 0.4) is 0 Å². The van der Waals surface area contributed by atoms with Crippen LogP contribution in [-0.2, 0) is 17.5 Å². The molecule has 4 aromatic rings. The van der Waals surface area contributed by atoms with E-state index in [0.717, 1.165) is 35.3 Å². The van der Waals surface area contributed by atoms with E-state index < -0.39 is 17.6 Å². The number of halogens is 4. The molecular formula is C24H19ClF3N5OS. The molecule has 0 spiro atoms. The van der Waals surface area contributed by atoms with Gasteiger partial charge in [0.2, 0.25) is 5.91 Å². The lowest BCUT2D eigenvalue weighted by molar-refractivity contribution is -0.137. The van der Waals surface area contributed by atoms with Crippen LogP contribution in [0.5, 0.6) is 0 Å². The van der Waals surface area contributed by atoms with Gasteiger partial charge in [-0.15, -0.1) is 10.2 Å². The highest BCUT2D eigenvalue weighted by Crippen LogP contribution is 2.31. The molecule has 2 N–H and O–H groups in total. The number of anilines is 2. The first kappa shape index (κ1) is 24.6. The number of para-hydroxylation sites is 2. The van der Waals surface area contributed by atoms with Gasteiger partial charge in [-0.25, -0.2) is 0 Å². The fraction of sp³-hybridized carbons (Fsp3) is 0.125. The third-order valence-electron chi connectivity index (χ3n) is 4.83. The lowest BCUT2D eigenvalue weighted by Crippen LogP contribution is -2.15. The van der Waals surface area contributed by atoms with Gasteiger partial charge in [-0.05, 0) is 42.5 Å². The Morgan fingerprint density at radius 2 is 1.71 bits per heavy atom. The van der Waals surface area contributed by atoms with Crippen molar-refractivity contribution in [2.75, 3.05) is 16.4 Å². The zero-order chi connectivity index (χ0) is 24.8. The standard InChI is InChI=1S/C24H19ClF3N5OS/c25-19-11-4-5-12-20(19)29-14-21-31-32-23(33(21)18-9-2-1-3-10-18)35-15-22(34)30-17-8-6-7-16(13-17)24(26,27)28/h1-13,29H,14-15H2,(H,30,34). The molecule has 1 aromatic heterocycles. The van der Waals surface area contributed by atoms with Crippen LogP contribution in [0.4, 0.5) is 24.5 Å². The van der Waals surface area contributed by atoms with E-state index in [0.29, 0.717) is 22.5 Å². The predicted molar refractivity (Wildman–Crippen MR) is 131 cm³/mol. The maximum atomic E-state index is 12.9. The van der Waals surface area contributed by atoms with Crippen LogP contribution in [0.25, 0.3) is 5.69 Å². The van der Waals surface area contributed by atoms with Crippen LogP contribution in [-0.4, -0.2) is 26.4 Å². The third-order valence-corrected chi connectivity index (χ3v) is 6.09. The molecule has 0 radical (unpaired) electrons. The number of rotatable bonds is 8. The molecule has 1 amide bonds. The predicted octanol–water partition coefficient (Wildman–Crippen LogP) is 6.28. The maximum Gasteiger partial charge on any atom is 0.416 e. The second-order valence-corrected chi connectivity index (χ2v) is 8.67. The van der Waals surface area contributed by atoms with Gasteiger partial charge in [0.1, 0.15) is 0 Å². The van der Waals surface area contributed by atoms with Crippen molar-refractivity contribution in [3.8, 4) is 5.69 Å². The maximum absolute atomic E-state index is 12.9. The van der Waals surface area contributed by atoms with Crippen LogP contribution in [0, 0.1) is 0 Å². The molecule has 0 aliphatic carbocycles. The smallest absolute Gasteiger partial charge is 0.377 e. The topological polar surface area (TPSA) is 71.8 Å². The van der Waals surface area contributed by atoms with Crippen molar-refractivity contribution in [3.63, 3.8) is 0 Å². The highest BCUT2D eigenvalue weighted by Gasteiger charge is 2.30. The summed E-state index contributed by atoms with van der Waals surface area (Å²) in [7, 11) is 0. The molecule has 11 heteroatoms. The van der Waals surface area contributed by atoms with E-state index >= 15 is 0 Å². The lowest BCUT2D eigenvalue weighted by atomic mass is 10.2. The van der Waals surface area contributed by atoms with Crippen molar-refractivity contribution in [1.82, 2.24) is 14.8 Å². The summed E-state index contributed by atoms with van der Waals surface area (Å²) in [6, 6.07) is 21.2. The molecule has 35 heavy (non-hydrogen) atoms. The van der Waals surface area contributed by atoms with E-state index in [1.54, 1.807) is 6.07 Å². The molecule has 6 nitrogen and oxygen atoms in total. The van der Waals surface area contributed by atoms with Crippen LogP contribution >= 0.6 is 23.4 Å². The monoisotopic (exact) mass is 517 g/mol. The summed E-state index contributed by atoms with van der Waals surface area (Å²) in [6.07, 6.45) is -4.49. The second-order valence-electron chi connectivity index (χ2n) is 7.32. The van der Waals surface area contributed by atoms with Gasteiger partial charge in [0.15, 0.2) is 11.0 Å². The average molecular weight is 518 g/mol. The zero-order valence-corrected chi connectivity index (χ0v) is 19.7. The Kier molecular flexibility index (Phi) is 7.62. The van der Waals surface area contributed by atoms with Gasteiger partial charge in [0.05, 0.1) is 28.6 Å². The first-order chi connectivity index (χ1) is 16.8. The Morgan fingerprint density at radius 1 is 0.971 bits per heavy atom. The number of benzene rings is 3. The molecule has 0 fully saturated rings. The van der Waals surface area contributed by atoms with E-state index in [1.165, 1.54) is 12.1 Å². The number of alkyl halides is 3. The summed E-state index contributed by atoms with van der Waals surface area (Å²) in [6.45, 7) is 0.322. The number of nitrogens with zero attached hydrogens (tertiary/aromatic N) is 3. The van der Waals surface area contributed by atoms with Crippen LogP contribution in [0.15, 0.2) is 84.0 Å². The molecule has 180 valence electrons. The molecule has 1 heterocycles. The van der Waals surface area contributed by atoms with Gasteiger partial charge in [0.25, 0.3) is 0 Å². The van der Waals surface area contributed by atoms with Gasteiger partial charge in [-0.2, -0.15) is 13.2 Å². The summed E-state index contributed by atoms with van der Waals surface area (Å²) in [5.74, 6) is 0.0590. The zero-order valence-electron chi connectivity index (χ0n) is 18.1. The Hall–Kier alpha value is -3.50. The van der Waals surface area contributed by atoms with E-state index in [9.17, 15) is 18.0 Å². The van der Waals surface area contributed by atoms with Gasteiger partial charge in [0, 0.05) is 11.4 Å². The fourth-order valence-electron chi connectivity index (χ4n) is 3.22. The summed E-state index contributed by atoms with van der Waals surface area (Å²) in [4.78, 5) is 12.5. The molecule has 0 unspecified atom stereocenters. The van der Waals surface area contributed by atoms with E-state index in [-0.39, 0.29) is 11.4 Å². The van der Waals surface area contributed by atoms with Crippen molar-refractivity contribution < 1.29 is 18.0 Å². The fourth-order valence-corrected chi connectivity index (χ4v) is 4.20. The van der Waals surface area contributed by atoms with Gasteiger partial charge in [-0.3, -0.25) is 9.36 Å². The first-order valence-electron chi connectivity index (χ1n) is 10.4. The second kappa shape index (κ2) is 10.8. The largest absolute Gasteiger partial charge is 0.416 e. The van der Waals surface area contributed by atoms with E-state index in [2.05, 4.69) is 20.8 Å². The Labute approximate surface area is 208 Å². The number of amides is 1. The van der Waals surface area contributed by atoms with Crippen LogP contribution in [0.2, 0.25) is 5.02 Å². The molecule has 0 saturated heterocycles. The number of hydrogen-bond acceptors (Lipinski definition) is 5. The van der Waals surface area contributed by atoms with Crippen molar-refractivity contribution in [2.24, 2.45) is 0 Å². The summed E-state index contributed by atoms with van der Waals surface area (Å²) in [5, 5.41) is 15.3. The van der Waals surface area contributed by atoms with Crippen molar-refractivity contribution in [2.45, 2.75) is 17.9 Å². The molecule has 0 aliphatic heterocycles. The summed E-state index contributed by atoms with van der Waals surface area (Å²) in [5.41, 5.74) is 0.780. The van der Waals surface area contributed by atoms with Crippen LogP contribution < -0.4 is 10.6 Å². The molecule has 0 atom stereocenters. The third kappa shape index (κ3) is 6.34. The van der Waals surface area contributed by atoms with E-state index in [4.69, 9.17) is 11.6 Å². The summed E-state index contributed by atoms with van der Waals surface area (Å²) >= 11 is 7.35. The molecule has 3 aromatic carbocycles. The lowest BCUT2D eigenvalue weighted by Gasteiger charge is -2.12. The molecular weight excluding hydrogens is 499 g/mol. The normalized spacial score (nSPS) is 11.3. The number of nitrogens with one attached hydrogen (secondary N) is 2. The molecule has 0 aliphatic rings. The Balaban J connectivity index is 1.48. The van der Waals surface area contributed by atoms with Crippen LogP contribution in [0.1, 0.15) is 11.4 Å². The minimum Gasteiger partial charge on any atom is -0.377 e. The Morgan fingerprint density at radius 3 is 2.46 bits per heavy atom. The summed E-state index contributed by atoms with van der Waals surface area (Å²) < 4.78 is 40.6. The molecule has 4 rings (SSSR count). The average Bonchev–Trinajstić information content (AvgIpc) is 3.25. The first-order valence-corrected chi connectivity index (χ1v) is 11.8. The number of aromatic nitrogens is 3. The minimum absolute atomic E-state index is 0.0691. The van der Waals surface area contributed by atoms with Crippen molar-refractivity contribution in [1.29, 1.82) is 0 Å². The van der Waals surface area contributed by atoms with Crippen molar-refractivity contribution in [3.05, 3.63) is 95.3 Å². The number of hydrogen-bond donors (Lipinski definition) is 2. The van der Waals surface area contributed by atoms with Gasteiger partial charge < -0.3 is 10.6 Å². The number of thioether (sulfide) groups is 1. The van der Waals surface area contributed by atoms with Gasteiger partial charge in [-0.1, -0.05) is 59.8 Å². The number of carbonyl (C=O) groups is 1. The molecule has 0 saturated carbocycles. The highest BCUT2D eigenvalue weighted by molar-refractivity contribution is 7.99. The minimum atomic E-state index is -4.49. The Bertz CT molecular complexity index is 1310. The highest BCUT2D eigenvalue weighted by atomic mass is 35.5. The number of carbonyl (C=O) groups excluding carboxylic acids is 1. The SMILES string of the molecule is O=C(CSc1nnc(CNc2ccccc2Cl)n1-c1ccccc1)Nc1cccc(C(F)(F)F)c1. The molecule has 0 bridgehead atoms. The van der Waals surface area contributed by atoms with Crippen molar-refractivity contribution >= 4 is 40.6 Å².